The molecule has 1 aromatic carbocycles. The molecule has 2 heterocycles. The molecule has 29 heavy (non-hydrogen) atoms. The van der Waals surface area contributed by atoms with Gasteiger partial charge in [0.05, 0.1) is 18.2 Å². The fourth-order valence-corrected chi connectivity index (χ4v) is 3.48. The van der Waals surface area contributed by atoms with Crippen molar-refractivity contribution in [1.29, 1.82) is 5.26 Å². The molecule has 0 bridgehead atoms. The van der Waals surface area contributed by atoms with E-state index in [1.165, 1.54) is 17.7 Å². The molecule has 0 spiro atoms. The summed E-state index contributed by atoms with van der Waals surface area (Å²) in [5, 5.41) is 8.80. The molecule has 2 aromatic rings. The number of nitriles is 1. The second-order valence-electron chi connectivity index (χ2n) is 7.26. The molecule has 1 saturated heterocycles. The monoisotopic (exact) mass is 397 g/mol. The highest BCUT2D eigenvalue weighted by atomic mass is 16.5. The molecule has 0 N–H and O–H groups in total. The number of nitrogens with zero attached hydrogens (tertiary/aromatic N) is 5. The zero-order valence-electron chi connectivity index (χ0n) is 17.0. The SMILES string of the molecule is Cn1c(N2CCN(CCCCOc3ccc(C#N)cc3)CC2)cc(=O)n(C)c1=O. The molecule has 8 heteroatoms. The smallest absolute Gasteiger partial charge is 0.332 e. The molecule has 3 rings (SSSR count). The number of aromatic nitrogens is 2. The molecule has 1 aliphatic rings. The Morgan fingerprint density at radius 2 is 1.69 bits per heavy atom. The van der Waals surface area contributed by atoms with Crippen molar-refractivity contribution in [2.75, 3.05) is 44.2 Å². The minimum absolute atomic E-state index is 0.271. The minimum Gasteiger partial charge on any atom is -0.494 e. The van der Waals surface area contributed by atoms with Crippen molar-refractivity contribution in [3.63, 3.8) is 0 Å². The van der Waals surface area contributed by atoms with Crippen LogP contribution in [0, 0.1) is 11.3 Å². The molecular formula is C21H27N5O3. The topological polar surface area (TPSA) is 83.5 Å². The molecule has 0 aliphatic carbocycles. The van der Waals surface area contributed by atoms with Gasteiger partial charge in [0.1, 0.15) is 11.6 Å². The summed E-state index contributed by atoms with van der Waals surface area (Å²) in [7, 11) is 3.20. The Morgan fingerprint density at radius 1 is 1.00 bits per heavy atom. The number of benzene rings is 1. The van der Waals surface area contributed by atoms with Gasteiger partial charge >= 0.3 is 5.69 Å². The van der Waals surface area contributed by atoms with Crippen LogP contribution in [0.5, 0.6) is 5.75 Å². The van der Waals surface area contributed by atoms with Crippen molar-refractivity contribution in [3.05, 3.63) is 56.7 Å². The number of ether oxygens (including phenoxy) is 1. The van der Waals surface area contributed by atoms with Crippen molar-refractivity contribution >= 4 is 5.82 Å². The summed E-state index contributed by atoms with van der Waals surface area (Å²) >= 11 is 0. The van der Waals surface area contributed by atoms with Gasteiger partial charge in [-0.3, -0.25) is 18.8 Å². The molecule has 0 unspecified atom stereocenters. The third-order valence-electron chi connectivity index (χ3n) is 5.32. The summed E-state index contributed by atoms with van der Waals surface area (Å²) in [5.74, 6) is 1.48. The van der Waals surface area contributed by atoms with E-state index in [0.29, 0.717) is 18.0 Å². The number of anilines is 1. The highest BCUT2D eigenvalue weighted by Gasteiger charge is 2.19. The number of unbranched alkanes of at least 4 members (excludes halogenated alkanes) is 1. The van der Waals surface area contributed by atoms with Gasteiger partial charge in [0.25, 0.3) is 5.56 Å². The maximum Gasteiger partial charge on any atom is 0.332 e. The van der Waals surface area contributed by atoms with Gasteiger partial charge in [-0.15, -0.1) is 0 Å². The van der Waals surface area contributed by atoms with Gasteiger partial charge < -0.3 is 9.64 Å². The highest BCUT2D eigenvalue weighted by molar-refractivity contribution is 5.39. The Balaban J connectivity index is 1.40. The summed E-state index contributed by atoms with van der Waals surface area (Å²) in [4.78, 5) is 28.6. The van der Waals surface area contributed by atoms with Crippen LogP contribution in [0.2, 0.25) is 0 Å². The van der Waals surface area contributed by atoms with Gasteiger partial charge in [-0.25, -0.2) is 4.79 Å². The fourth-order valence-electron chi connectivity index (χ4n) is 3.48. The lowest BCUT2D eigenvalue weighted by atomic mass is 10.2. The van der Waals surface area contributed by atoms with Crippen molar-refractivity contribution in [1.82, 2.24) is 14.0 Å². The first kappa shape index (κ1) is 20.7. The van der Waals surface area contributed by atoms with Crippen molar-refractivity contribution in [3.8, 4) is 11.8 Å². The van der Waals surface area contributed by atoms with E-state index >= 15 is 0 Å². The first-order chi connectivity index (χ1) is 14.0. The normalized spacial score (nSPS) is 14.6. The predicted octanol–water partition coefficient (Wildman–Crippen LogP) is 0.937. The molecule has 8 nitrogen and oxygen atoms in total. The standard InChI is InChI=1S/C21H27N5O3/c1-23-19(15-20(27)24(2)21(23)28)26-12-10-25(11-13-26)9-3-4-14-29-18-7-5-17(16-22)6-8-18/h5-8,15H,3-4,9-14H2,1-2H3. The lowest BCUT2D eigenvalue weighted by Crippen LogP contribution is -2.49. The lowest BCUT2D eigenvalue weighted by Gasteiger charge is -2.36. The van der Waals surface area contributed by atoms with E-state index in [-0.39, 0.29) is 11.2 Å². The number of hydrogen-bond acceptors (Lipinski definition) is 6. The summed E-state index contributed by atoms with van der Waals surface area (Å²) in [6.07, 6.45) is 2.00. The Morgan fingerprint density at radius 3 is 2.34 bits per heavy atom. The van der Waals surface area contributed by atoms with Crippen LogP contribution in [-0.2, 0) is 14.1 Å². The average Bonchev–Trinajstić information content (AvgIpc) is 2.75. The number of rotatable bonds is 7. The Kier molecular flexibility index (Phi) is 6.73. The van der Waals surface area contributed by atoms with Crippen LogP contribution in [0.4, 0.5) is 5.82 Å². The fraction of sp³-hybridized carbons (Fsp3) is 0.476. The zero-order chi connectivity index (χ0) is 20.8. The second-order valence-corrected chi connectivity index (χ2v) is 7.26. The van der Waals surface area contributed by atoms with Crippen LogP contribution in [0.1, 0.15) is 18.4 Å². The maximum atomic E-state index is 12.1. The van der Waals surface area contributed by atoms with E-state index in [0.717, 1.165) is 55.9 Å². The molecule has 0 atom stereocenters. The van der Waals surface area contributed by atoms with Gasteiger partial charge in [0.15, 0.2) is 0 Å². The maximum absolute atomic E-state index is 12.1. The van der Waals surface area contributed by atoms with E-state index in [9.17, 15) is 9.59 Å². The van der Waals surface area contributed by atoms with E-state index in [4.69, 9.17) is 10.00 Å². The summed E-state index contributed by atoms with van der Waals surface area (Å²) in [6.45, 7) is 5.05. The van der Waals surface area contributed by atoms with Crippen LogP contribution in [0.25, 0.3) is 0 Å². The third-order valence-corrected chi connectivity index (χ3v) is 5.32. The largest absolute Gasteiger partial charge is 0.494 e. The molecule has 1 aromatic heterocycles. The molecule has 1 aliphatic heterocycles. The van der Waals surface area contributed by atoms with Crippen LogP contribution in [0.3, 0.4) is 0 Å². The molecule has 0 amide bonds. The lowest BCUT2D eigenvalue weighted by molar-refractivity contribution is 0.237. The Bertz CT molecular complexity index is 979. The zero-order valence-corrected chi connectivity index (χ0v) is 17.0. The summed E-state index contributed by atoms with van der Waals surface area (Å²) in [5.41, 5.74) is 0.0671. The first-order valence-corrected chi connectivity index (χ1v) is 9.87. The highest BCUT2D eigenvalue weighted by Crippen LogP contribution is 2.14. The Hall–Kier alpha value is -3.05. The second kappa shape index (κ2) is 9.43. The van der Waals surface area contributed by atoms with E-state index in [1.54, 1.807) is 19.2 Å². The quantitative estimate of drug-likeness (QED) is 0.647. The molecule has 0 radical (unpaired) electrons. The summed E-state index contributed by atoms with van der Waals surface area (Å²) < 4.78 is 8.38. The van der Waals surface area contributed by atoms with Crippen LogP contribution < -0.4 is 20.9 Å². The third kappa shape index (κ3) is 5.06. The van der Waals surface area contributed by atoms with E-state index < -0.39 is 0 Å². The van der Waals surface area contributed by atoms with Gasteiger partial charge in [-0.2, -0.15) is 5.26 Å². The molecule has 0 saturated carbocycles. The van der Waals surface area contributed by atoms with Crippen molar-refractivity contribution < 1.29 is 4.74 Å². The van der Waals surface area contributed by atoms with E-state index in [1.807, 2.05) is 12.1 Å². The van der Waals surface area contributed by atoms with Gasteiger partial charge in [0.2, 0.25) is 0 Å². The average molecular weight is 397 g/mol. The van der Waals surface area contributed by atoms with Crippen LogP contribution >= 0.6 is 0 Å². The van der Waals surface area contributed by atoms with Gasteiger partial charge in [-0.05, 0) is 43.7 Å². The van der Waals surface area contributed by atoms with Gasteiger partial charge in [-0.1, -0.05) is 0 Å². The number of hydrogen-bond donors (Lipinski definition) is 0. The Labute approximate surface area is 170 Å². The molecule has 154 valence electrons. The summed E-state index contributed by atoms with van der Waals surface area (Å²) in [6, 6.07) is 10.8. The first-order valence-electron chi connectivity index (χ1n) is 9.87. The van der Waals surface area contributed by atoms with Crippen LogP contribution in [0.15, 0.2) is 39.9 Å². The van der Waals surface area contributed by atoms with Crippen LogP contribution in [-0.4, -0.2) is 53.4 Å². The molecule has 1 fully saturated rings. The predicted molar refractivity (Wildman–Crippen MR) is 111 cm³/mol. The van der Waals surface area contributed by atoms with Gasteiger partial charge in [0, 0.05) is 46.3 Å². The van der Waals surface area contributed by atoms with Crippen molar-refractivity contribution in [2.24, 2.45) is 14.1 Å². The van der Waals surface area contributed by atoms with E-state index in [2.05, 4.69) is 15.9 Å². The van der Waals surface area contributed by atoms with Crippen molar-refractivity contribution in [2.45, 2.75) is 12.8 Å². The minimum atomic E-state index is -0.294. The molecular weight excluding hydrogens is 370 g/mol. The number of piperazine rings is 1.